The molecule has 0 aliphatic carbocycles. The van der Waals surface area contributed by atoms with Gasteiger partial charge in [0.1, 0.15) is 0 Å². The molecule has 144 valence electrons. The zero-order chi connectivity index (χ0) is 19.0. The maximum atomic E-state index is 12.0. The second-order valence-electron chi connectivity index (χ2n) is 6.29. The van der Waals surface area contributed by atoms with E-state index in [1.165, 1.54) is 25.2 Å². The van der Waals surface area contributed by atoms with Crippen molar-refractivity contribution in [2.45, 2.75) is 30.6 Å². The lowest BCUT2D eigenvalue weighted by Crippen LogP contribution is -2.33. The SMILES string of the molecule is CNS(=O)(=O)c1cccc(NC(=O)CNC(=O)CCC2CCNCC2)c1. The molecule has 1 aromatic carbocycles. The smallest absolute Gasteiger partial charge is 0.243 e. The molecule has 0 saturated carbocycles. The molecule has 1 aromatic rings. The summed E-state index contributed by atoms with van der Waals surface area (Å²) < 4.78 is 25.8. The van der Waals surface area contributed by atoms with Gasteiger partial charge >= 0.3 is 0 Å². The van der Waals surface area contributed by atoms with Crippen molar-refractivity contribution in [3.8, 4) is 0 Å². The van der Waals surface area contributed by atoms with E-state index in [9.17, 15) is 18.0 Å². The van der Waals surface area contributed by atoms with Crippen LogP contribution in [0.1, 0.15) is 25.7 Å². The molecular weight excluding hydrogens is 356 g/mol. The zero-order valence-electron chi connectivity index (χ0n) is 14.9. The highest BCUT2D eigenvalue weighted by Crippen LogP contribution is 2.17. The lowest BCUT2D eigenvalue weighted by molar-refractivity contribution is -0.124. The monoisotopic (exact) mass is 382 g/mol. The van der Waals surface area contributed by atoms with Gasteiger partial charge in [0.05, 0.1) is 11.4 Å². The van der Waals surface area contributed by atoms with E-state index in [4.69, 9.17) is 0 Å². The van der Waals surface area contributed by atoms with Crippen molar-refractivity contribution in [1.82, 2.24) is 15.4 Å². The first-order valence-electron chi connectivity index (χ1n) is 8.71. The number of rotatable bonds is 8. The molecule has 26 heavy (non-hydrogen) atoms. The van der Waals surface area contributed by atoms with Gasteiger partial charge in [0, 0.05) is 12.1 Å². The number of anilines is 1. The average molecular weight is 382 g/mol. The highest BCUT2D eigenvalue weighted by Gasteiger charge is 2.15. The standard InChI is InChI=1S/C17H26N4O4S/c1-18-26(24,25)15-4-2-3-14(11-15)21-17(23)12-20-16(22)6-5-13-7-9-19-10-8-13/h2-4,11,13,18-19H,5-10,12H2,1H3,(H,20,22)(H,21,23). The number of carbonyl (C=O) groups is 2. The van der Waals surface area contributed by atoms with Gasteiger partial charge in [0.25, 0.3) is 0 Å². The fourth-order valence-electron chi connectivity index (χ4n) is 2.84. The highest BCUT2D eigenvalue weighted by molar-refractivity contribution is 7.89. The maximum absolute atomic E-state index is 12.0. The summed E-state index contributed by atoms with van der Waals surface area (Å²) >= 11 is 0. The molecule has 0 unspecified atom stereocenters. The highest BCUT2D eigenvalue weighted by atomic mass is 32.2. The Hall–Kier alpha value is -1.97. The van der Waals surface area contributed by atoms with Gasteiger partial charge < -0.3 is 16.0 Å². The van der Waals surface area contributed by atoms with E-state index in [1.54, 1.807) is 6.07 Å². The molecule has 1 aliphatic rings. The van der Waals surface area contributed by atoms with Crippen molar-refractivity contribution in [3.63, 3.8) is 0 Å². The molecular formula is C17H26N4O4S. The second kappa shape index (κ2) is 9.65. The number of piperidine rings is 1. The van der Waals surface area contributed by atoms with Crippen LogP contribution in [-0.2, 0) is 19.6 Å². The van der Waals surface area contributed by atoms with Crippen LogP contribution in [0.2, 0.25) is 0 Å². The summed E-state index contributed by atoms with van der Waals surface area (Å²) in [4.78, 5) is 23.9. The number of sulfonamides is 1. The van der Waals surface area contributed by atoms with Crippen molar-refractivity contribution >= 4 is 27.5 Å². The summed E-state index contributed by atoms with van der Waals surface area (Å²) in [6, 6.07) is 5.93. The second-order valence-corrected chi connectivity index (χ2v) is 8.18. The lowest BCUT2D eigenvalue weighted by Gasteiger charge is -2.22. The van der Waals surface area contributed by atoms with Crippen LogP contribution in [0, 0.1) is 5.92 Å². The minimum Gasteiger partial charge on any atom is -0.347 e. The van der Waals surface area contributed by atoms with Crippen LogP contribution in [0.3, 0.4) is 0 Å². The quantitative estimate of drug-likeness (QED) is 0.520. The van der Waals surface area contributed by atoms with Gasteiger partial charge in [-0.3, -0.25) is 9.59 Å². The Morgan fingerprint density at radius 1 is 1.19 bits per heavy atom. The summed E-state index contributed by atoms with van der Waals surface area (Å²) in [7, 11) is -2.26. The predicted octanol–water partition coefficient (Wildman–Crippen LogP) is 0.429. The van der Waals surface area contributed by atoms with E-state index in [1.807, 2.05) is 0 Å². The molecule has 2 rings (SSSR count). The van der Waals surface area contributed by atoms with Crippen molar-refractivity contribution < 1.29 is 18.0 Å². The molecule has 0 aromatic heterocycles. The number of hydrogen-bond donors (Lipinski definition) is 4. The molecule has 1 heterocycles. The number of nitrogens with one attached hydrogen (secondary N) is 4. The van der Waals surface area contributed by atoms with Crippen LogP contribution in [0.15, 0.2) is 29.2 Å². The predicted molar refractivity (Wildman–Crippen MR) is 99.2 cm³/mol. The van der Waals surface area contributed by atoms with Gasteiger partial charge in [-0.2, -0.15) is 0 Å². The van der Waals surface area contributed by atoms with Crippen LogP contribution >= 0.6 is 0 Å². The van der Waals surface area contributed by atoms with E-state index in [-0.39, 0.29) is 17.3 Å². The van der Waals surface area contributed by atoms with Crippen LogP contribution in [0.4, 0.5) is 5.69 Å². The molecule has 0 bridgehead atoms. The number of hydrogen-bond acceptors (Lipinski definition) is 5. The van der Waals surface area contributed by atoms with E-state index < -0.39 is 15.9 Å². The molecule has 2 amide bonds. The third kappa shape index (κ3) is 6.40. The Balaban J connectivity index is 1.76. The summed E-state index contributed by atoms with van der Waals surface area (Å²) in [5, 5.41) is 8.47. The number of amides is 2. The van der Waals surface area contributed by atoms with E-state index >= 15 is 0 Å². The van der Waals surface area contributed by atoms with E-state index in [0.717, 1.165) is 32.4 Å². The number of carbonyl (C=O) groups excluding carboxylic acids is 2. The molecule has 8 nitrogen and oxygen atoms in total. The van der Waals surface area contributed by atoms with Crippen LogP contribution in [-0.4, -0.2) is 46.9 Å². The summed E-state index contributed by atoms with van der Waals surface area (Å²) in [5.74, 6) is 0.0112. The van der Waals surface area contributed by atoms with Crippen LogP contribution in [0.5, 0.6) is 0 Å². The van der Waals surface area contributed by atoms with E-state index in [2.05, 4.69) is 20.7 Å². The van der Waals surface area contributed by atoms with Gasteiger partial charge in [-0.1, -0.05) is 6.07 Å². The number of benzene rings is 1. The molecule has 0 spiro atoms. The Morgan fingerprint density at radius 2 is 1.92 bits per heavy atom. The van der Waals surface area contributed by atoms with Crippen molar-refractivity contribution in [2.75, 3.05) is 32.0 Å². The summed E-state index contributed by atoms with van der Waals surface area (Å²) in [6.07, 6.45) is 3.41. The minimum absolute atomic E-state index is 0.0591. The third-order valence-corrected chi connectivity index (χ3v) is 5.79. The van der Waals surface area contributed by atoms with Crippen LogP contribution < -0.4 is 20.7 Å². The molecule has 4 N–H and O–H groups in total. The van der Waals surface area contributed by atoms with Gasteiger partial charge in [-0.25, -0.2) is 13.1 Å². The first-order valence-corrected chi connectivity index (χ1v) is 10.2. The normalized spacial score (nSPS) is 15.4. The van der Waals surface area contributed by atoms with Crippen molar-refractivity contribution in [3.05, 3.63) is 24.3 Å². The minimum atomic E-state index is -3.58. The molecule has 0 atom stereocenters. The van der Waals surface area contributed by atoms with Crippen LogP contribution in [0.25, 0.3) is 0 Å². The van der Waals surface area contributed by atoms with E-state index in [0.29, 0.717) is 18.0 Å². The third-order valence-electron chi connectivity index (χ3n) is 4.38. The Bertz CT molecular complexity index is 730. The summed E-state index contributed by atoms with van der Waals surface area (Å²) in [6.45, 7) is 1.85. The maximum Gasteiger partial charge on any atom is 0.243 e. The largest absolute Gasteiger partial charge is 0.347 e. The van der Waals surface area contributed by atoms with Gasteiger partial charge in [0.15, 0.2) is 0 Å². The van der Waals surface area contributed by atoms with Crippen molar-refractivity contribution in [1.29, 1.82) is 0 Å². The molecule has 9 heteroatoms. The first-order chi connectivity index (χ1) is 12.4. The molecule has 0 radical (unpaired) electrons. The average Bonchev–Trinajstić information content (AvgIpc) is 2.65. The lowest BCUT2D eigenvalue weighted by atomic mass is 9.93. The Labute approximate surface area is 154 Å². The molecule has 1 aliphatic heterocycles. The zero-order valence-corrected chi connectivity index (χ0v) is 15.7. The van der Waals surface area contributed by atoms with Gasteiger partial charge in [0.2, 0.25) is 21.8 Å². The van der Waals surface area contributed by atoms with Gasteiger partial charge in [-0.15, -0.1) is 0 Å². The van der Waals surface area contributed by atoms with Gasteiger partial charge in [-0.05, 0) is 63.5 Å². The Morgan fingerprint density at radius 3 is 2.62 bits per heavy atom. The van der Waals surface area contributed by atoms with Crippen molar-refractivity contribution in [2.24, 2.45) is 5.92 Å². The topological polar surface area (TPSA) is 116 Å². The summed E-state index contributed by atoms with van der Waals surface area (Å²) in [5.41, 5.74) is 0.357. The molecule has 1 fully saturated rings. The Kier molecular flexibility index (Phi) is 7.55. The first kappa shape index (κ1) is 20.3. The fraction of sp³-hybridized carbons (Fsp3) is 0.529. The fourth-order valence-corrected chi connectivity index (χ4v) is 3.61. The molecule has 1 saturated heterocycles.